The van der Waals surface area contributed by atoms with Gasteiger partial charge >= 0.3 is 0 Å². The molecule has 0 spiro atoms. The van der Waals surface area contributed by atoms with E-state index in [4.69, 9.17) is 21.1 Å². The van der Waals surface area contributed by atoms with Crippen LogP contribution in [-0.2, 0) is 4.79 Å². The summed E-state index contributed by atoms with van der Waals surface area (Å²) in [4.78, 5) is 28.0. The summed E-state index contributed by atoms with van der Waals surface area (Å²) in [5, 5.41) is 5.71. The van der Waals surface area contributed by atoms with E-state index in [1.807, 2.05) is 6.92 Å². The molecule has 2 N–H and O–H groups in total. The third-order valence-corrected chi connectivity index (χ3v) is 3.88. The number of aromatic nitrogens is 1. The predicted octanol–water partition coefficient (Wildman–Crippen LogP) is 2.36. The van der Waals surface area contributed by atoms with Gasteiger partial charge in [0.15, 0.2) is 0 Å². The van der Waals surface area contributed by atoms with Gasteiger partial charge in [0.1, 0.15) is 17.2 Å². The average molecular weight is 378 g/mol. The molecule has 0 aliphatic rings. The Morgan fingerprint density at radius 2 is 1.96 bits per heavy atom. The predicted molar refractivity (Wildman–Crippen MR) is 97.7 cm³/mol. The minimum absolute atomic E-state index is 0.146. The van der Waals surface area contributed by atoms with Gasteiger partial charge in [0.25, 0.3) is 5.91 Å². The van der Waals surface area contributed by atoms with Gasteiger partial charge in [-0.1, -0.05) is 11.6 Å². The molecule has 1 aromatic heterocycles. The van der Waals surface area contributed by atoms with Crippen molar-refractivity contribution in [2.45, 2.75) is 13.0 Å². The second-order valence-corrected chi connectivity index (χ2v) is 5.88. The third-order valence-electron chi connectivity index (χ3n) is 3.64. The lowest BCUT2D eigenvalue weighted by Gasteiger charge is -2.18. The number of halogens is 1. The molecule has 0 bridgehead atoms. The van der Waals surface area contributed by atoms with Crippen molar-refractivity contribution >= 4 is 23.4 Å². The fraction of sp³-hybridized carbons (Fsp3) is 0.278. The number of carbonyl (C=O) groups excluding carboxylic acids is 2. The van der Waals surface area contributed by atoms with E-state index in [1.165, 1.54) is 12.3 Å². The highest BCUT2D eigenvalue weighted by molar-refractivity contribution is 6.30. The summed E-state index contributed by atoms with van der Waals surface area (Å²) in [6.07, 6.45) is 1.43. The number of nitrogens with one attached hydrogen (secondary N) is 2. The van der Waals surface area contributed by atoms with Crippen LogP contribution in [-0.4, -0.2) is 37.6 Å². The zero-order valence-corrected chi connectivity index (χ0v) is 15.5. The van der Waals surface area contributed by atoms with Crippen LogP contribution < -0.4 is 20.1 Å². The smallest absolute Gasteiger partial charge is 0.270 e. The van der Waals surface area contributed by atoms with Crippen molar-refractivity contribution in [3.8, 4) is 11.5 Å². The largest absolute Gasteiger partial charge is 0.497 e. The molecule has 2 aromatic rings. The molecule has 26 heavy (non-hydrogen) atoms. The lowest BCUT2D eigenvalue weighted by atomic mass is 10.1. The quantitative estimate of drug-likeness (QED) is 0.773. The number of hydrogen-bond acceptors (Lipinski definition) is 5. The molecule has 2 amide bonds. The lowest BCUT2D eigenvalue weighted by Crippen LogP contribution is -2.38. The van der Waals surface area contributed by atoms with Crippen LogP contribution >= 0.6 is 11.6 Å². The van der Waals surface area contributed by atoms with Gasteiger partial charge in [-0.15, -0.1) is 0 Å². The maximum atomic E-state index is 12.1. The van der Waals surface area contributed by atoms with Gasteiger partial charge in [-0.2, -0.15) is 0 Å². The van der Waals surface area contributed by atoms with E-state index in [0.29, 0.717) is 16.5 Å². The van der Waals surface area contributed by atoms with Gasteiger partial charge in [0.2, 0.25) is 5.91 Å². The van der Waals surface area contributed by atoms with Crippen molar-refractivity contribution in [3.63, 3.8) is 0 Å². The molecule has 138 valence electrons. The van der Waals surface area contributed by atoms with E-state index < -0.39 is 5.91 Å². The van der Waals surface area contributed by atoms with E-state index in [-0.39, 0.29) is 24.2 Å². The Morgan fingerprint density at radius 1 is 1.19 bits per heavy atom. The van der Waals surface area contributed by atoms with E-state index in [0.717, 1.165) is 5.56 Å². The first-order valence-electron chi connectivity index (χ1n) is 7.85. The first-order chi connectivity index (χ1) is 12.4. The van der Waals surface area contributed by atoms with Crippen molar-refractivity contribution in [1.29, 1.82) is 0 Å². The Hall–Kier alpha value is -2.80. The summed E-state index contributed by atoms with van der Waals surface area (Å²) < 4.78 is 10.5. The Morgan fingerprint density at radius 3 is 2.62 bits per heavy atom. The zero-order valence-electron chi connectivity index (χ0n) is 14.7. The molecule has 8 heteroatoms. The Balaban J connectivity index is 1.96. The first kappa shape index (κ1) is 19.5. The van der Waals surface area contributed by atoms with Gasteiger partial charge < -0.3 is 20.1 Å². The second-order valence-electron chi connectivity index (χ2n) is 5.44. The summed E-state index contributed by atoms with van der Waals surface area (Å²) in [5.41, 5.74) is 0.913. The molecule has 1 aromatic carbocycles. The Kier molecular flexibility index (Phi) is 6.80. The highest BCUT2D eigenvalue weighted by Crippen LogP contribution is 2.29. The molecule has 1 atom stereocenters. The molecular formula is C18H20ClN3O4. The molecule has 0 saturated heterocycles. The fourth-order valence-electron chi connectivity index (χ4n) is 2.33. The summed E-state index contributed by atoms with van der Waals surface area (Å²) >= 11 is 5.82. The molecule has 0 saturated carbocycles. The summed E-state index contributed by atoms with van der Waals surface area (Å²) in [6.45, 7) is 1.62. The van der Waals surface area contributed by atoms with E-state index in [9.17, 15) is 9.59 Å². The van der Waals surface area contributed by atoms with Crippen LogP contribution in [0.15, 0.2) is 36.5 Å². The second kappa shape index (κ2) is 9.05. The van der Waals surface area contributed by atoms with Crippen molar-refractivity contribution in [1.82, 2.24) is 15.6 Å². The van der Waals surface area contributed by atoms with Gasteiger partial charge in [-0.3, -0.25) is 14.6 Å². The minimum atomic E-state index is -0.478. The van der Waals surface area contributed by atoms with Crippen LogP contribution in [0.3, 0.4) is 0 Å². The third kappa shape index (κ3) is 5.10. The highest BCUT2D eigenvalue weighted by Gasteiger charge is 2.16. The summed E-state index contributed by atoms with van der Waals surface area (Å²) in [6, 6.07) is 7.98. The number of ether oxygens (including phenoxy) is 2. The fourth-order valence-corrected chi connectivity index (χ4v) is 2.49. The molecule has 0 aliphatic carbocycles. The molecule has 2 rings (SSSR count). The van der Waals surface area contributed by atoms with Crippen LogP contribution in [0.1, 0.15) is 29.0 Å². The van der Waals surface area contributed by atoms with Crippen LogP contribution in [0.5, 0.6) is 11.5 Å². The zero-order chi connectivity index (χ0) is 19.1. The standard InChI is InChI=1S/C18H20ClN3O4/c1-11(14-9-13(25-2)4-5-16(14)26-3)22-17(23)10-21-18(24)15-8-12(19)6-7-20-15/h4-9,11H,10H2,1-3H3,(H,21,24)(H,22,23)/t11-/m1/s1. The monoisotopic (exact) mass is 377 g/mol. The highest BCUT2D eigenvalue weighted by atomic mass is 35.5. The average Bonchev–Trinajstić information content (AvgIpc) is 2.65. The minimum Gasteiger partial charge on any atom is -0.497 e. The number of methoxy groups -OCH3 is 2. The maximum absolute atomic E-state index is 12.1. The number of benzene rings is 1. The number of pyridine rings is 1. The van der Waals surface area contributed by atoms with Gasteiger partial charge in [-0.25, -0.2) is 0 Å². The van der Waals surface area contributed by atoms with E-state index >= 15 is 0 Å². The molecule has 0 unspecified atom stereocenters. The topological polar surface area (TPSA) is 89.5 Å². The van der Waals surface area contributed by atoms with Crippen molar-refractivity contribution in [2.75, 3.05) is 20.8 Å². The maximum Gasteiger partial charge on any atom is 0.270 e. The normalized spacial score (nSPS) is 11.4. The molecule has 0 radical (unpaired) electrons. The van der Waals surface area contributed by atoms with Crippen LogP contribution in [0.2, 0.25) is 5.02 Å². The van der Waals surface area contributed by atoms with Crippen molar-refractivity contribution < 1.29 is 19.1 Å². The van der Waals surface area contributed by atoms with Gasteiger partial charge in [-0.05, 0) is 37.3 Å². The van der Waals surface area contributed by atoms with Crippen LogP contribution in [0.4, 0.5) is 0 Å². The number of amides is 2. The molecular weight excluding hydrogens is 358 g/mol. The molecule has 0 aliphatic heterocycles. The summed E-state index contributed by atoms with van der Waals surface area (Å²) in [7, 11) is 3.12. The SMILES string of the molecule is COc1ccc(OC)c([C@@H](C)NC(=O)CNC(=O)c2cc(Cl)ccn2)c1. The Bertz CT molecular complexity index is 798. The van der Waals surface area contributed by atoms with Crippen molar-refractivity contribution in [3.05, 3.63) is 52.8 Å². The Labute approximate surface area is 156 Å². The first-order valence-corrected chi connectivity index (χ1v) is 8.23. The number of hydrogen-bond donors (Lipinski definition) is 2. The van der Waals surface area contributed by atoms with E-state index in [1.54, 1.807) is 38.5 Å². The van der Waals surface area contributed by atoms with Crippen molar-refractivity contribution in [2.24, 2.45) is 0 Å². The van der Waals surface area contributed by atoms with Crippen LogP contribution in [0.25, 0.3) is 0 Å². The van der Waals surface area contributed by atoms with Crippen LogP contribution in [0, 0.1) is 0 Å². The molecule has 7 nitrogen and oxygen atoms in total. The number of carbonyl (C=O) groups is 2. The number of nitrogens with zero attached hydrogens (tertiary/aromatic N) is 1. The lowest BCUT2D eigenvalue weighted by molar-refractivity contribution is -0.120. The number of rotatable bonds is 7. The molecule has 1 heterocycles. The van der Waals surface area contributed by atoms with Gasteiger partial charge in [0.05, 0.1) is 26.8 Å². The molecule has 0 fully saturated rings. The van der Waals surface area contributed by atoms with E-state index in [2.05, 4.69) is 15.6 Å². The van der Waals surface area contributed by atoms with Gasteiger partial charge in [0, 0.05) is 16.8 Å². The summed E-state index contributed by atoms with van der Waals surface area (Å²) in [5.74, 6) is 0.458.